The molecule has 0 spiro atoms. The molecule has 0 radical (unpaired) electrons. The van der Waals surface area contributed by atoms with Crippen molar-refractivity contribution < 1.29 is 4.79 Å². The molecule has 64 valence electrons. The molecule has 0 bridgehead atoms. The summed E-state index contributed by atoms with van der Waals surface area (Å²) in [5, 5.41) is 0. The highest BCUT2D eigenvalue weighted by Gasteiger charge is 2.13. The van der Waals surface area contributed by atoms with Gasteiger partial charge in [-0.1, -0.05) is 6.07 Å². The standard InChI is InChI=1S/C10H13NO/c1-7-5-4-6-11-10(7)8(2)9(3)12/h4-6,8H,1-3H3. The van der Waals surface area contributed by atoms with Gasteiger partial charge in [0.15, 0.2) is 0 Å². The predicted octanol–water partition coefficient (Wildman–Crippen LogP) is 2.08. The number of ketones is 1. The molecule has 1 aromatic rings. The lowest BCUT2D eigenvalue weighted by Gasteiger charge is -2.08. The smallest absolute Gasteiger partial charge is 0.138 e. The third-order valence-electron chi connectivity index (χ3n) is 2.07. The Morgan fingerprint density at radius 1 is 1.58 bits per heavy atom. The summed E-state index contributed by atoms with van der Waals surface area (Å²) in [6, 6.07) is 3.85. The molecule has 0 aliphatic rings. The molecule has 0 saturated carbocycles. The van der Waals surface area contributed by atoms with E-state index in [-0.39, 0.29) is 11.7 Å². The van der Waals surface area contributed by atoms with Crippen molar-refractivity contribution in [3.05, 3.63) is 29.6 Å². The number of carbonyl (C=O) groups is 1. The number of aryl methyl sites for hydroxylation is 1. The van der Waals surface area contributed by atoms with Gasteiger partial charge in [0.05, 0.1) is 11.6 Å². The van der Waals surface area contributed by atoms with Crippen LogP contribution in [0.3, 0.4) is 0 Å². The summed E-state index contributed by atoms with van der Waals surface area (Å²) in [5.74, 6) is 0.0861. The molecule has 0 aliphatic carbocycles. The number of hydrogen-bond acceptors (Lipinski definition) is 2. The van der Waals surface area contributed by atoms with Crippen LogP contribution in [0.4, 0.5) is 0 Å². The zero-order valence-corrected chi connectivity index (χ0v) is 7.66. The van der Waals surface area contributed by atoms with Crippen molar-refractivity contribution in [2.75, 3.05) is 0 Å². The van der Waals surface area contributed by atoms with E-state index in [1.807, 2.05) is 26.0 Å². The molecular formula is C10H13NO. The minimum absolute atomic E-state index is 0.0776. The lowest BCUT2D eigenvalue weighted by Crippen LogP contribution is -2.07. The second-order valence-electron chi connectivity index (χ2n) is 3.04. The summed E-state index contributed by atoms with van der Waals surface area (Å²) in [4.78, 5) is 15.2. The van der Waals surface area contributed by atoms with Crippen molar-refractivity contribution in [2.45, 2.75) is 26.7 Å². The Morgan fingerprint density at radius 3 is 2.75 bits per heavy atom. The fourth-order valence-corrected chi connectivity index (χ4v) is 1.14. The first-order valence-corrected chi connectivity index (χ1v) is 4.05. The highest BCUT2D eigenvalue weighted by atomic mass is 16.1. The van der Waals surface area contributed by atoms with E-state index in [0.29, 0.717) is 0 Å². The number of pyridine rings is 1. The Hall–Kier alpha value is -1.18. The monoisotopic (exact) mass is 163 g/mol. The number of Topliss-reactive ketones (excluding diaryl/α,β-unsaturated/α-hetero) is 1. The fraction of sp³-hybridized carbons (Fsp3) is 0.400. The first-order chi connectivity index (χ1) is 5.63. The largest absolute Gasteiger partial charge is 0.299 e. The normalized spacial score (nSPS) is 12.6. The third kappa shape index (κ3) is 1.70. The Balaban J connectivity index is 3.02. The zero-order chi connectivity index (χ0) is 9.14. The highest BCUT2D eigenvalue weighted by Crippen LogP contribution is 2.16. The SMILES string of the molecule is CC(=O)C(C)c1ncccc1C. The average Bonchev–Trinajstić information content (AvgIpc) is 2.04. The van der Waals surface area contributed by atoms with E-state index in [2.05, 4.69) is 4.98 Å². The van der Waals surface area contributed by atoms with Gasteiger partial charge in [-0.05, 0) is 32.4 Å². The van der Waals surface area contributed by atoms with Gasteiger partial charge in [-0.2, -0.15) is 0 Å². The topological polar surface area (TPSA) is 30.0 Å². The van der Waals surface area contributed by atoms with Crippen molar-refractivity contribution in [1.29, 1.82) is 0 Å². The quantitative estimate of drug-likeness (QED) is 0.668. The van der Waals surface area contributed by atoms with Crippen LogP contribution >= 0.6 is 0 Å². The fourth-order valence-electron chi connectivity index (χ4n) is 1.14. The van der Waals surface area contributed by atoms with Crippen LogP contribution in [-0.2, 0) is 4.79 Å². The molecule has 1 aromatic heterocycles. The first-order valence-electron chi connectivity index (χ1n) is 4.05. The van der Waals surface area contributed by atoms with Crippen LogP contribution in [0.1, 0.15) is 31.0 Å². The second-order valence-corrected chi connectivity index (χ2v) is 3.04. The van der Waals surface area contributed by atoms with Gasteiger partial charge in [-0.3, -0.25) is 9.78 Å². The predicted molar refractivity (Wildman–Crippen MR) is 48.1 cm³/mol. The zero-order valence-electron chi connectivity index (χ0n) is 7.66. The Kier molecular flexibility index (Phi) is 2.58. The van der Waals surface area contributed by atoms with Crippen molar-refractivity contribution in [3.63, 3.8) is 0 Å². The molecule has 1 atom stereocenters. The summed E-state index contributed by atoms with van der Waals surface area (Å²) in [6.45, 7) is 5.46. The van der Waals surface area contributed by atoms with Crippen LogP contribution in [0.15, 0.2) is 18.3 Å². The lowest BCUT2D eigenvalue weighted by atomic mass is 9.99. The summed E-state index contributed by atoms with van der Waals surface area (Å²) >= 11 is 0. The van der Waals surface area contributed by atoms with Crippen LogP contribution in [0.2, 0.25) is 0 Å². The molecule has 12 heavy (non-hydrogen) atoms. The summed E-state index contributed by atoms with van der Waals surface area (Å²) in [6.07, 6.45) is 1.72. The van der Waals surface area contributed by atoms with Gasteiger partial charge < -0.3 is 0 Å². The number of nitrogens with zero attached hydrogens (tertiary/aromatic N) is 1. The van der Waals surface area contributed by atoms with E-state index in [0.717, 1.165) is 11.3 Å². The van der Waals surface area contributed by atoms with E-state index in [4.69, 9.17) is 0 Å². The molecule has 2 heteroatoms. The third-order valence-corrected chi connectivity index (χ3v) is 2.07. The average molecular weight is 163 g/mol. The number of aromatic nitrogens is 1. The van der Waals surface area contributed by atoms with Crippen LogP contribution in [0.5, 0.6) is 0 Å². The van der Waals surface area contributed by atoms with Crippen molar-refractivity contribution in [2.24, 2.45) is 0 Å². The van der Waals surface area contributed by atoms with Crippen LogP contribution in [-0.4, -0.2) is 10.8 Å². The molecule has 0 N–H and O–H groups in total. The molecule has 1 heterocycles. The molecule has 0 saturated heterocycles. The van der Waals surface area contributed by atoms with Crippen molar-refractivity contribution in [3.8, 4) is 0 Å². The second kappa shape index (κ2) is 3.48. The highest BCUT2D eigenvalue weighted by molar-refractivity contribution is 5.82. The number of hydrogen-bond donors (Lipinski definition) is 0. The molecule has 0 aromatic carbocycles. The van der Waals surface area contributed by atoms with Gasteiger partial charge in [0.25, 0.3) is 0 Å². The maximum Gasteiger partial charge on any atom is 0.138 e. The van der Waals surface area contributed by atoms with Gasteiger partial charge in [0.1, 0.15) is 5.78 Å². The molecule has 2 nitrogen and oxygen atoms in total. The van der Waals surface area contributed by atoms with Crippen LogP contribution in [0, 0.1) is 6.92 Å². The van der Waals surface area contributed by atoms with E-state index >= 15 is 0 Å². The minimum Gasteiger partial charge on any atom is -0.299 e. The molecule has 1 rings (SSSR count). The molecule has 0 amide bonds. The van der Waals surface area contributed by atoms with Crippen LogP contribution < -0.4 is 0 Å². The van der Waals surface area contributed by atoms with E-state index in [1.54, 1.807) is 13.1 Å². The van der Waals surface area contributed by atoms with E-state index < -0.39 is 0 Å². The van der Waals surface area contributed by atoms with Gasteiger partial charge in [0, 0.05) is 6.20 Å². The molecular weight excluding hydrogens is 150 g/mol. The Labute approximate surface area is 72.6 Å². The Morgan fingerprint density at radius 2 is 2.25 bits per heavy atom. The van der Waals surface area contributed by atoms with Crippen LogP contribution in [0.25, 0.3) is 0 Å². The summed E-state index contributed by atoms with van der Waals surface area (Å²) in [5.41, 5.74) is 1.98. The maximum atomic E-state index is 11.1. The molecule has 1 unspecified atom stereocenters. The van der Waals surface area contributed by atoms with Gasteiger partial charge >= 0.3 is 0 Å². The van der Waals surface area contributed by atoms with Gasteiger partial charge in [0.2, 0.25) is 0 Å². The molecule has 0 aliphatic heterocycles. The minimum atomic E-state index is -0.0776. The molecule has 0 fully saturated rings. The van der Waals surface area contributed by atoms with Crippen molar-refractivity contribution in [1.82, 2.24) is 4.98 Å². The number of rotatable bonds is 2. The van der Waals surface area contributed by atoms with E-state index in [9.17, 15) is 4.79 Å². The summed E-state index contributed by atoms with van der Waals surface area (Å²) < 4.78 is 0. The Bertz CT molecular complexity index is 294. The van der Waals surface area contributed by atoms with Crippen molar-refractivity contribution >= 4 is 5.78 Å². The maximum absolute atomic E-state index is 11.1. The lowest BCUT2D eigenvalue weighted by molar-refractivity contribution is -0.118. The first kappa shape index (κ1) is 8.91. The summed E-state index contributed by atoms with van der Waals surface area (Å²) in [7, 11) is 0. The van der Waals surface area contributed by atoms with Gasteiger partial charge in [-0.25, -0.2) is 0 Å². The number of carbonyl (C=O) groups excluding carboxylic acids is 1. The van der Waals surface area contributed by atoms with Gasteiger partial charge in [-0.15, -0.1) is 0 Å². The van der Waals surface area contributed by atoms with E-state index in [1.165, 1.54) is 0 Å².